The summed E-state index contributed by atoms with van der Waals surface area (Å²) in [6, 6.07) is 5.50. The standard InChI is InChI=1S/C14H13ClN2O/c15-11-4-3-7-13(10(11)8-18)17-9-16-12-5-1-2-6-14(12)17/h3-4,7-9H,1-2,5-6H2. The maximum absolute atomic E-state index is 11.2. The van der Waals surface area contributed by atoms with Crippen LogP contribution in [0, 0.1) is 0 Å². The zero-order chi connectivity index (χ0) is 12.5. The second-order valence-corrected chi connectivity index (χ2v) is 4.91. The Bertz CT molecular complexity index is 604. The van der Waals surface area contributed by atoms with Crippen LogP contribution >= 0.6 is 11.6 Å². The number of aromatic nitrogens is 2. The third-order valence-corrected chi connectivity index (χ3v) is 3.77. The van der Waals surface area contributed by atoms with Crippen LogP contribution < -0.4 is 0 Å². The van der Waals surface area contributed by atoms with E-state index in [0.717, 1.165) is 30.5 Å². The van der Waals surface area contributed by atoms with Crippen LogP contribution in [0.2, 0.25) is 5.02 Å². The molecule has 0 atom stereocenters. The molecule has 3 rings (SSSR count). The third-order valence-electron chi connectivity index (χ3n) is 3.44. The molecule has 0 bridgehead atoms. The van der Waals surface area contributed by atoms with Crippen molar-refractivity contribution in [3.63, 3.8) is 0 Å². The number of hydrogen-bond donors (Lipinski definition) is 0. The van der Waals surface area contributed by atoms with Gasteiger partial charge >= 0.3 is 0 Å². The first kappa shape index (κ1) is 11.5. The third kappa shape index (κ3) is 1.75. The maximum Gasteiger partial charge on any atom is 0.153 e. The quantitative estimate of drug-likeness (QED) is 0.777. The van der Waals surface area contributed by atoms with E-state index in [1.165, 1.54) is 18.5 Å². The van der Waals surface area contributed by atoms with Gasteiger partial charge in [0.25, 0.3) is 0 Å². The van der Waals surface area contributed by atoms with Gasteiger partial charge in [-0.1, -0.05) is 17.7 Å². The predicted octanol–water partition coefficient (Wildman–Crippen LogP) is 3.22. The molecule has 0 saturated heterocycles. The fraction of sp³-hybridized carbons (Fsp3) is 0.286. The molecule has 1 aliphatic carbocycles. The summed E-state index contributed by atoms with van der Waals surface area (Å²) in [6.45, 7) is 0. The van der Waals surface area contributed by atoms with Gasteiger partial charge in [-0.25, -0.2) is 4.98 Å². The first-order chi connectivity index (χ1) is 8.81. The number of carbonyl (C=O) groups excluding carboxylic acids is 1. The summed E-state index contributed by atoms with van der Waals surface area (Å²) in [5, 5.41) is 0.487. The molecule has 2 aromatic rings. The van der Waals surface area contributed by atoms with E-state index in [9.17, 15) is 4.79 Å². The summed E-state index contributed by atoms with van der Waals surface area (Å²) in [4.78, 5) is 15.6. The molecule has 0 amide bonds. The number of hydrogen-bond acceptors (Lipinski definition) is 2. The van der Waals surface area contributed by atoms with E-state index >= 15 is 0 Å². The molecular formula is C14H13ClN2O. The number of nitrogens with zero attached hydrogens (tertiary/aromatic N) is 2. The normalized spacial score (nSPS) is 14.3. The Kier molecular flexibility index (Phi) is 2.92. The van der Waals surface area contributed by atoms with Crippen molar-refractivity contribution in [3.05, 3.63) is 46.5 Å². The highest BCUT2D eigenvalue weighted by molar-refractivity contribution is 6.33. The van der Waals surface area contributed by atoms with Crippen LogP contribution in [0.15, 0.2) is 24.5 Å². The Labute approximate surface area is 110 Å². The van der Waals surface area contributed by atoms with E-state index in [-0.39, 0.29) is 0 Å². The van der Waals surface area contributed by atoms with Gasteiger partial charge in [-0.05, 0) is 37.8 Å². The number of rotatable bonds is 2. The number of aldehydes is 1. The topological polar surface area (TPSA) is 34.9 Å². The molecule has 92 valence electrons. The van der Waals surface area contributed by atoms with Crippen molar-refractivity contribution in [3.8, 4) is 5.69 Å². The maximum atomic E-state index is 11.2. The summed E-state index contributed by atoms with van der Waals surface area (Å²) in [6.07, 6.45) is 7.02. The molecule has 0 N–H and O–H groups in total. The highest BCUT2D eigenvalue weighted by atomic mass is 35.5. The summed E-state index contributed by atoms with van der Waals surface area (Å²) in [5.41, 5.74) is 3.72. The Morgan fingerprint density at radius 1 is 1.28 bits per heavy atom. The number of benzene rings is 1. The SMILES string of the molecule is O=Cc1c(Cl)cccc1-n1cnc2c1CCCC2. The molecule has 1 heterocycles. The van der Waals surface area contributed by atoms with Gasteiger partial charge in [0.1, 0.15) is 0 Å². The van der Waals surface area contributed by atoms with E-state index in [0.29, 0.717) is 10.6 Å². The first-order valence-corrected chi connectivity index (χ1v) is 6.48. The highest BCUT2D eigenvalue weighted by Gasteiger charge is 2.18. The van der Waals surface area contributed by atoms with Gasteiger partial charge in [-0.15, -0.1) is 0 Å². The Morgan fingerprint density at radius 2 is 2.11 bits per heavy atom. The van der Waals surface area contributed by atoms with E-state index < -0.39 is 0 Å². The minimum atomic E-state index is 0.487. The predicted molar refractivity (Wildman–Crippen MR) is 70.6 cm³/mol. The van der Waals surface area contributed by atoms with E-state index in [2.05, 4.69) is 4.98 Å². The lowest BCUT2D eigenvalue weighted by atomic mass is 10.0. The fourth-order valence-corrected chi connectivity index (χ4v) is 2.74. The number of fused-ring (bicyclic) bond motifs is 1. The average Bonchev–Trinajstić information content (AvgIpc) is 2.82. The van der Waals surface area contributed by atoms with Crippen LogP contribution in [0.5, 0.6) is 0 Å². The highest BCUT2D eigenvalue weighted by Crippen LogP contribution is 2.27. The summed E-state index contributed by atoms with van der Waals surface area (Å²) in [7, 11) is 0. The van der Waals surface area contributed by atoms with Crippen molar-refractivity contribution >= 4 is 17.9 Å². The van der Waals surface area contributed by atoms with Crippen molar-refractivity contribution < 1.29 is 4.79 Å². The molecule has 0 unspecified atom stereocenters. The van der Waals surface area contributed by atoms with Crippen molar-refractivity contribution in [2.75, 3.05) is 0 Å². The van der Waals surface area contributed by atoms with Crippen LogP contribution in [0.1, 0.15) is 34.6 Å². The van der Waals surface area contributed by atoms with E-state index in [1.54, 1.807) is 12.4 Å². The van der Waals surface area contributed by atoms with Crippen LogP contribution in [0.25, 0.3) is 5.69 Å². The zero-order valence-electron chi connectivity index (χ0n) is 9.90. The van der Waals surface area contributed by atoms with Gasteiger partial charge in [0.15, 0.2) is 6.29 Å². The number of imidazole rings is 1. The molecular weight excluding hydrogens is 248 g/mol. The molecule has 1 aromatic heterocycles. The molecule has 1 aliphatic rings. The molecule has 0 spiro atoms. The average molecular weight is 261 g/mol. The lowest BCUT2D eigenvalue weighted by Gasteiger charge is -2.15. The molecule has 0 fully saturated rings. The number of aryl methyl sites for hydroxylation is 1. The van der Waals surface area contributed by atoms with Crippen molar-refractivity contribution in [1.82, 2.24) is 9.55 Å². The van der Waals surface area contributed by atoms with Crippen molar-refractivity contribution in [2.45, 2.75) is 25.7 Å². The largest absolute Gasteiger partial charge is 0.302 e. The van der Waals surface area contributed by atoms with Gasteiger partial charge in [-0.3, -0.25) is 4.79 Å². The molecule has 0 saturated carbocycles. The smallest absolute Gasteiger partial charge is 0.153 e. The van der Waals surface area contributed by atoms with Crippen molar-refractivity contribution in [1.29, 1.82) is 0 Å². The molecule has 4 heteroatoms. The lowest BCUT2D eigenvalue weighted by Crippen LogP contribution is -2.08. The second kappa shape index (κ2) is 4.58. The van der Waals surface area contributed by atoms with Crippen molar-refractivity contribution in [2.24, 2.45) is 0 Å². The Morgan fingerprint density at radius 3 is 2.94 bits per heavy atom. The minimum absolute atomic E-state index is 0.487. The van der Waals surface area contributed by atoms with Crippen LogP contribution in [-0.4, -0.2) is 15.8 Å². The molecule has 0 aliphatic heterocycles. The van der Waals surface area contributed by atoms with Gasteiger partial charge in [0, 0.05) is 5.69 Å². The van der Waals surface area contributed by atoms with Crippen LogP contribution in [-0.2, 0) is 12.8 Å². The zero-order valence-corrected chi connectivity index (χ0v) is 10.7. The summed E-state index contributed by atoms with van der Waals surface area (Å²) in [5.74, 6) is 0. The van der Waals surface area contributed by atoms with E-state index in [4.69, 9.17) is 11.6 Å². The molecule has 18 heavy (non-hydrogen) atoms. The minimum Gasteiger partial charge on any atom is -0.302 e. The molecule has 3 nitrogen and oxygen atoms in total. The lowest BCUT2D eigenvalue weighted by molar-refractivity contribution is 0.112. The van der Waals surface area contributed by atoms with Gasteiger partial charge in [0.2, 0.25) is 0 Å². The second-order valence-electron chi connectivity index (χ2n) is 4.51. The molecule has 1 aromatic carbocycles. The van der Waals surface area contributed by atoms with Crippen LogP contribution in [0.3, 0.4) is 0 Å². The molecule has 0 radical (unpaired) electrons. The Balaban J connectivity index is 2.18. The Hall–Kier alpha value is -1.61. The fourth-order valence-electron chi connectivity index (χ4n) is 2.53. The monoisotopic (exact) mass is 260 g/mol. The van der Waals surface area contributed by atoms with Gasteiger partial charge < -0.3 is 4.57 Å². The number of halogens is 1. The first-order valence-electron chi connectivity index (χ1n) is 6.10. The van der Waals surface area contributed by atoms with Gasteiger partial charge in [-0.2, -0.15) is 0 Å². The van der Waals surface area contributed by atoms with Gasteiger partial charge in [0.05, 0.1) is 28.3 Å². The van der Waals surface area contributed by atoms with E-state index in [1.807, 2.05) is 16.7 Å². The van der Waals surface area contributed by atoms with Crippen LogP contribution in [0.4, 0.5) is 0 Å². The number of carbonyl (C=O) groups is 1. The summed E-state index contributed by atoms with van der Waals surface area (Å²) >= 11 is 6.06. The summed E-state index contributed by atoms with van der Waals surface area (Å²) < 4.78 is 2.00.